The van der Waals surface area contributed by atoms with Crippen molar-refractivity contribution in [3.8, 4) is 11.5 Å². The third kappa shape index (κ3) is 9.69. The van der Waals surface area contributed by atoms with Gasteiger partial charge in [0.2, 0.25) is 0 Å². The van der Waals surface area contributed by atoms with Gasteiger partial charge in [0.25, 0.3) is 0 Å². The number of hydrogen-bond acceptors (Lipinski definition) is 5. The minimum absolute atomic E-state index is 0.0752. The number of ether oxygens (including phenoxy) is 1. The highest BCUT2D eigenvalue weighted by atomic mass is 16.5. The second-order valence-corrected chi connectivity index (χ2v) is 20.4. The van der Waals surface area contributed by atoms with Crippen LogP contribution in [0.25, 0.3) is 0 Å². The lowest BCUT2D eigenvalue weighted by Gasteiger charge is -2.31. The lowest BCUT2D eigenvalue weighted by atomic mass is 9.84. The summed E-state index contributed by atoms with van der Waals surface area (Å²) in [5.74, 6) is 2.98. The fraction of sp³-hybridized carbons (Fsp3) is 0.536. The summed E-state index contributed by atoms with van der Waals surface area (Å²) < 4.78 is 6.24. The van der Waals surface area contributed by atoms with Gasteiger partial charge >= 0.3 is 12.1 Å². The monoisotopic (exact) mass is 877 g/mol. The third-order valence-electron chi connectivity index (χ3n) is 16.6. The Labute approximate surface area is 387 Å². The van der Waals surface area contributed by atoms with Crippen molar-refractivity contribution in [1.29, 1.82) is 0 Å². The van der Waals surface area contributed by atoms with Crippen LogP contribution < -0.4 is 26.0 Å². The van der Waals surface area contributed by atoms with Gasteiger partial charge in [0, 0.05) is 36.3 Å². The van der Waals surface area contributed by atoms with Crippen molar-refractivity contribution in [1.82, 2.24) is 31.1 Å². The Morgan fingerprint density at radius 2 is 0.831 bits per heavy atom. The smallest absolute Gasteiger partial charge is 0.315 e. The molecule has 2 aliphatic carbocycles. The van der Waals surface area contributed by atoms with Gasteiger partial charge < -0.3 is 26.0 Å². The first-order valence-corrected chi connectivity index (χ1v) is 25.6. The quantitative estimate of drug-likeness (QED) is 0.0899. The molecule has 2 saturated heterocycles. The van der Waals surface area contributed by atoms with Gasteiger partial charge in [-0.05, 0) is 185 Å². The first-order valence-electron chi connectivity index (χ1n) is 25.6. The second kappa shape index (κ2) is 19.9. The molecule has 6 aliphatic rings. The van der Waals surface area contributed by atoms with E-state index in [1.807, 2.05) is 48.5 Å². The molecule has 0 radical (unpaired) electrons. The molecular weight excluding hydrogens is 805 g/mol. The molecule has 4 amide bonds. The average molecular weight is 877 g/mol. The normalized spacial score (nSPS) is 27.7. The maximum Gasteiger partial charge on any atom is 0.315 e. The number of nitrogens with zero attached hydrogens (tertiary/aromatic N) is 2. The topological polar surface area (TPSA) is 98.0 Å². The van der Waals surface area contributed by atoms with Crippen molar-refractivity contribution >= 4 is 12.1 Å². The van der Waals surface area contributed by atoms with Crippen molar-refractivity contribution < 1.29 is 14.3 Å². The summed E-state index contributed by atoms with van der Waals surface area (Å²) in [6.07, 6.45) is 18.3. The number of carbonyl (C=O) groups is 2. The van der Waals surface area contributed by atoms with Crippen molar-refractivity contribution in [2.45, 2.75) is 165 Å². The minimum atomic E-state index is -0.0791. The molecule has 4 bridgehead atoms. The van der Waals surface area contributed by atoms with Crippen LogP contribution in [0.15, 0.2) is 97.1 Å². The highest BCUT2D eigenvalue weighted by molar-refractivity contribution is 5.75. The van der Waals surface area contributed by atoms with E-state index in [0.29, 0.717) is 24.2 Å². The standard InChI is InChI=1S/C56H72N6O3/c1-3-49(59-55(63)57-41-21-13-37(14-22-41)33-35-61-51-29-30-52(61)46-10-6-5-9-45(46)51)39-17-25-43(26-18-39)65-44-27-19-40(20-28-44)50(4-2)60-56(64)58-42-23-15-38(16-24-42)34-36-62-53-31-32-54(62)48-12-8-7-11-47(48)53/h5-12,17-20,25-28,37-38,41-42,49-54H,3-4,13-16,21-24,29-36H2,1-2H3,(H2,57,59,63)(H2,58,60,64)/t37?,38?,41?,42?,49?,50?,51-,52+,53-,54?/m1/s1. The first kappa shape index (κ1) is 44.0. The van der Waals surface area contributed by atoms with Crippen LogP contribution in [0, 0.1) is 11.8 Å². The number of amides is 4. The molecule has 3 unspecified atom stereocenters. The molecule has 4 aromatic rings. The lowest BCUT2D eigenvalue weighted by molar-refractivity contribution is 0.185. The molecule has 4 aromatic carbocycles. The highest BCUT2D eigenvalue weighted by Gasteiger charge is 2.44. The lowest BCUT2D eigenvalue weighted by Crippen LogP contribution is -2.44. The summed E-state index contributed by atoms with van der Waals surface area (Å²) in [7, 11) is 0. The molecule has 65 heavy (non-hydrogen) atoms. The number of nitrogens with one attached hydrogen (secondary N) is 4. The third-order valence-corrected chi connectivity index (χ3v) is 16.6. The van der Waals surface area contributed by atoms with Crippen LogP contribution in [0.2, 0.25) is 0 Å². The Balaban J connectivity index is 0.619. The summed E-state index contributed by atoms with van der Waals surface area (Å²) in [6, 6.07) is 36.9. The molecule has 2 saturated carbocycles. The van der Waals surface area contributed by atoms with Crippen molar-refractivity contribution in [3.63, 3.8) is 0 Å². The zero-order chi connectivity index (χ0) is 44.3. The average Bonchev–Trinajstić information content (AvgIpc) is 4.11. The van der Waals surface area contributed by atoms with E-state index in [1.54, 1.807) is 22.3 Å². The van der Waals surface area contributed by atoms with Crippen molar-refractivity contribution in [3.05, 3.63) is 130 Å². The number of rotatable bonds is 16. The number of carbonyl (C=O) groups excluding carboxylic acids is 2. The van der Waals surface area contributed by atoms with Crippen LogP contribution in [0.5, 0.6) is 11.5 Å². The van der Waals surface area contributed by atoms with E-state index in [-0.39, 0.29) is 36.2 Å². The fourth-order valence-corrected chi connectivity index (χ4v) is 13.1. The Morgan fingerprint density at radius 3 is 1.15 bits per heavy atom. The molecule has 4 N–H and O–H groups in total. The summed E-state index contributed by atoms with van der Waals surface area (Å²) >= 11 is 0. The number of benzene rings is 4. The zero-order valence-corrected chi connectivity index (χ0v) is 38.9. The summed E-state index contributed by atoms with van der Waals surface area (Å²) in [5, 5.41) is 13.1. The van der Waals surface area contributed by atoms with Gasteiger partial charge in [-0.1, -0.05) is 86.6 Å². The molecule has 4 fully saturated rings. The van der Waals surface area contributed by atoms with Crippen molar-refractivity contribution in [2.24, 2.45) is 11.8 Å². The molecule has 0 aromatic heterocycles. The summed E-state index contributed by atoms with van der Waals surface area (Å²) in [5.41, 5.74) is 8.40. The Bertz CT molecular complexity index is 2010. The molecule has 9 heteroatoms. The summed E-state index contributed by atoms with van der Waals surface area (Å²) in [4.78, 5) is 32.0. The van der Waals surface area contributed by atoms with Gasteiger partial charge in [-0.15, -0.1) is 0 Å². The van der Waals surface area contributed by atoms with Gasteiger partial charge in [-0.2, -0.15) is 0 Å². The predicted molar refractivity (Wildman–Crippen MR) is 259 cm³/mol. The number of fused-ring (bicyclic) bond motifs is 10. The van der Waals surface area contributed by atoms with Gasteiger partial charge in [0.1, 0.15) is 11.5 Å². The first-order chi connectivity index (χ1) is 31.9. The fourth-order valence-electron chi connectivity index (χ4n) is 13.1. The highest BCUT2D eigenvalue weighted by Crippen LogP contribution is 2.54. The van der Waals surface area contributed by atoms with Gasteiger partial charge in [-0.3, -0.25) is 9.80 Å². The van der Waals surface area contributed by atoms with E-state index in [1.165, 1.54) is 77.3 Å². The predicted octanol–water partition coefficient (Wildman–Crippen LogP) is 12.7. The van der Waals surface area contributed by atoms with Gasteiger partial charge in [0.05, 0.1) is 12.1 Å². The molecule has 6 atom stereocenters. The van der Waals surface area contributed by atoms with Crippen LogP contribution in [0.1, 0.15) is 186 Å². The molecule has 4 heterocycles. The molecule has 0 spiro atoms. The van der Waals surface area contributed by atoms with Gasteiger partial charge in [-0.25, -0.2) is 9.59 Å². The molecule has 9 nitrogen and oxygen atoms in total. The van der Waals surface area contributed by atoms with E-state index >= 15 is 0 Å². The SMILES string of the molecule is CCC(NC(=O)NC1CCC(CCN2C3CC[C@@H]2c2ccccc23)CC1)c1ccc(Oc2ccc(C(CC)NC(=O)NC3CCC(CCN4[C@@H]5CC[C@H]4c4ccccc45)CC3)cc2)cc1. The maximum atomic E-state index is 13.2. The number of urea groups is 2. The van der Waals surface area contributed by atoms with E-state index in [2.05, 4.69) is 93.4 Å². The van der Waals surface area contributed by atoms with E-state index in [0.717, 1.165) is 73.0 Å². The molecule has 10 rings (SSSR count). The Kier molecular flexibility index (Phi) is 13.5. The maximum absolute atomic E-state index is 13.2. The largest absolute Gasteiger partial charge is 0.457 e. The zero-order valence-electron chi connectivity index (χ0n) is 38.9. The molecular formula is C56H72N6O3. The Hall–Kier alpha value is -4.86. The second-order valence-electron chi connectivity index (χ2n) is 20.4. The van der Waals surface area contributed by atoms with Crippen LogP contribution >= 0.6 is 0 Å². The molecule has 344 valence electrons. The van der Waals surface area contributed by atoms with E-state index < -0.39 is 0 Å². The van der Waals surface area contributed by atoms with Crippen LogP contribution in [-0.4, -0.2) is 47.0 Å². The Morgan fingerprint density at radius 1 is 0.492 bits per heavy atom. The minimum Gasteiger partial charge on any atom is -0.457 e. The van der Waals surface area contributed by atoms with Crippen LogP contribution in [0.4, 0.5) is 9.59 Å². The van der Waals surface area contributed by atoms with E-state index in [9.17, 15) is 9.59 Å². The van der Waals surface area contributed by atoms with Crippen molar-refractivity contribution in [2.75, 3.05) is 13.1 Å². The van der Waals surface area contributed by atoms with Crippen LogP contribution in [-0.2, 0) is 0 Å². The summed E-state index contributed by atoms with van der Waals surface area (Å²) in [6.45, 7) is 6.61. The van der Waals surface area contributed by atoms with Crippen LogP contribution in [0.3, 0.4) is 0 Å². The number of hydrogen-bond donors (Lipinski definition) is 4. The van der Waals surface area contributed by atoms with E-state index in [4.69, 9.17) is 4.74 Å². The molecule has 4 aliphatic heterocycles. The van der Waals surface area contributed by atoms with Gasteiger partial charge in [0.15, 0.2) is 0 Å².